The molecule has 0 amide bonds. The summed E-state index contributed by atoms with van der Waals surface area (Å²) in [5.74, 6) is 0.798. The molecule has 1 atom stereocenters. The standard InChI is InChI=1S/C19H22N6O2/c1-11-10-19(4-7-20-8-5-19)14-15(11)22-18-16(17(14)26)23-25(24-18)12-3-6-21-13(9-12)27-2/h3,6,9,11,20H,4-5,7-8,10H2,1-2H3,(H,22,24). The Labute approximate surface area is 156 Å². The fraction of sp³-hybridized carbons (Fsp3) is 0.474. The van der Waals surface area contributed by atoms with E-state index < -0.39 is 0 Å². The van der Waals surface area contributed by atoms with E-state index >= 15 is 0 Å². The van der Waals surface area contributed by atoms with Crippen molar-refractivity contribution in [1.29, 1.82) is 0 Å². The van der Waals surface area contributed by atoms with Crippen molar-refractivity contribution in [2.24, 2.45) is 0 Å². The summed E-state index contributed by atoms with van der Waals surface area (Å²) in [6.07, 6.45) is 4.64. The summed E-state index contributed by atoms with van der Waals surface area (Å²) in [4.78, 5) is 22.4. The van der Waals surface area contributed by atoms with E-state index in [-0.39, 0.29) is 10.8 Å². The molecule has 5 rings (SSSR count). The molecule has 8 nitrogen and oxygen atoms in total. The molecule has 4 heterocycles. The number of pyridine rings is 2. The molecule has 1 spiro atoms. The molecule has 1 aliphatic carbocycles. The van der Waals surface area contributed by atoms with Crippen LogP contribution in [0, 0.1) is 0 Å². The van der Waals surface area contributed by atoms with Gasteiger partial charge >= 0.3 is 0 Å². The highest BCUT2D eigenvalue weighted by molar-refractivity contribution is 5.72. The highest BCUT2D eigenvalue weighted by atomic mass is 16.5. The molecule has 0 aromatic carbocycles. The number of piperidine rings is 1. The summed E-state index contributed by atoms with van der Waals surface area (Å²) in [5.41, 5.74) is 3.60. The van der Waals surface area contributed by atoms with Crippen LogP contribution < -0.4 is 15.5 Å². The minimum atomic E-state index is -0.0363. The number of aromatic nitrogens is 5. The maximum Gasteiger partial charge on any atom is 0.215 e. The SMILES string of the molecule is COc1cc(-n2nc3[nH]c4c(c(=O)c3n2)C2(CCNCC2)CC4C)ccn1. The summed E-state index contributed by atoms with van der Waals surface area (Å²) in [6, 6.07) is 3.53. The van der Waals surface area contributed by atoms with Crippen molar-refractivity contribution >= 4 is 11.2 Å². The first kappa shape index (κ1) is 16.4. The average Bonchev–Trinajstić information content (AvgIpc) is 3.23. The number of H-pyrrole nitrogens is 1. The van der Waals surface area contributed by atoms with Crippen molar-refractivity contribution in [1.82, 2.24) is 30.3 Å². The van der Waals surface area contributed by atoms with E-state index in [1.54, 1.807) is 25.4 Å². The molecule has 0 radical (unpaired) electrons. The highest BCUT2D eigenvalue weighted by Crippen LogP contribution is 2.48. The van der Waals surface area contributed by atoms with E-state index in [1.165, 1.54) is 4.80 Å². The molecule has 27 heavy (non-hydrogen) atoms. The first-order valence-corrected chi connectivity index (χ1v) is 9.36. The van der Waals surface area contributed by atoms with Gasteiger partial charge < -0.3 is 15.0 Å². The lowest BCUT2D eigenvalue weighted by Gasteiger charge is -2.34. The minimum absolute atomic E-state index is 0.0253. The molecule has 1 aliphatic heterocycles. The van der Waals surface area contributed by atoms with Gasteiger partial charge in [0.15, 0.2) is 11.2 Å². The molecule has 2 N–H and O–H groups in total. The van der Waals surface area contributed by atoms with E-state index in [0.29, 0.717) is 28.6 Å². The Kier molecular flexibility index (Phi) is 3.58. The Balaban J connectivity index is 1.69. The third-order valence-electron chi connectivity index (χ3n) is 6.02. The van der Waals surface area contributed by atoms with Gasteiger partial charge in [-0.1, -0.05) is 6.92 Å². The third kappa shape index (κ3) is 2.39. The number of hydrogen-bond donors (Lipinski definition) is 2. The predicted octanol–water partition coefficient (Wildman–Crippen LogP) is 1.64. The molecular weight excluding hydrogens is 344 g/mol. The molecule has 0 saturated carbocycles. The molecule has 3 aromatic rings. The molecule has 140 valence electrons. The second-order valence-corrected chi connectivity index (χ2v) is 7.62. The Morgan fingerprint density at radius 1 is 1.30 bits per heavy atom. The summed E-state index contributed by atoms with van der Waals surface area (Å²) in [7, 11) is 1.56. The topological polar surface area (TPSA) is 97.7 Å². The van der Waals surface area contributed by atoms with Gasteiger partial charge in [-0.05, 0) is 44.3 Å². The molecular formula is C19H22N6O2. The van der Waals surface area contributed by atoms with Crippen molar-refractivity contribution in [3.63, 3.8) is 0 Å². The molecule has 8 heteroatoms. The first-order valence-electron chi connectivity index (χ1n) is 9.36. The number of rotatable bonds is 2. The van der Waals surface area contributed by atoms with Crippen molar-refractivity contribution in [3.8, 4) is 11.6 Å². The second kappa shape index (κ2) is 5.88. The summed E-state index contributed by atoms with van der Waals surface area (Å²) in [6.45, 7) is 4.09. The van der Waals surface area contributed by atoms with Crippen LogP contribution in [0.4, 0.5) is 0 Å². The van der Waals surface area contributed by atoms with Gasteiger partial charge in [-0.2, -0.15) is 0 Å². The number of nitrogens with one attached hydrogen (secondary N) is 2. The lowest BCUT2D eigenvalue weighted by molar-refractivity contribution is 0.295. The largest absolute Gasteiger partial charge is 0.481 e. The number of aromatic amines is 1. The smallest absolute Gasteiger partial charge is 0.215 e. The molecule has 1 fully saturated rings. The highest BCUT2D eigenvalue weighted by Gasteiger charge is 2.46. The maximum atomic E-state index is 13.4. The first-order chi connectivity index (χ1) is 13.1. The van der Waals surface area contributed by atoms with Crippen molar-refractivity contribution < 1.29 is 4.74 Å². The van der Waals surface area contributed by atoms with Crippen LogP contribution in [0.15, 0.2) is 23.1 Å². The Morgan fingerprint density at radius 3 is 2.89 bits per heavy atom. The Morgan fingerprint density at radius 2 is 2.11 bits per heavy atom. The number of nitrogens with zero attached hydrogens (tertiary/aromatic N) is 4. The molecule has 1 saturated heterocycles. The summed E-state index contributed by atoms with van der Waals surface area (Å²) >= 11 is 0. The quantitative estimate of drug-likeness (QED) is 0.716. The molecule has 2 aliphatic rings. The van der Waals surface area contributed by atoms with Crippen LogP contribution >= 0.6 is 0 Å². The zero-order valence-corrected chi connectivity index (χ0v) is 15.5. The fourth-order valence-electron chi connectivity index (χ4n) is 4.77. The third-order valence-corrected chi connectivity index (χ3v) is 6.02. The minimum Gasteiger partial charge on any atom is -0.481 e. The van der Waals surface area contributed by atoms with Crippen molar-refractivity contribution in [2.45, 2.75) is 37.5 Å². The van der Waals surface area contributed by atoms with E-state index in [4.69, 9.17) is 4.74 Å². The van der Waals surface area contributed by atoms with Gasteiger partial charge in [0.05, 0.1) is 12.8 Å². The zero-order valence-electron chi connectivity index (χ0n) is 15.5. The van der Waals surface area contributed by atoms with Crippen LogP contribution in [0.25, 0.3) is 16.9 Å². The van der Waals surface area contributed by atoms with Gasteiger partial charge in [-0.15, -0.1) is 15.0 Å². The van der Waals surface area contributed by atoms with Gasteiger partial charge in [-0.25, -0.2) is 4.98 Å². The monoisotopic (exact) mass is 366 g/mol. The Hall–Kier alpha value is -2.74. The van der Waals surface area contributed by atoms with Gasteiger partial charge in [-0.3, -0.25) is 4.79 Å². The van der Waals surface area contributed by atoms with Crippen LogP contribution in [0.5, 0.6) is 5.88 Å². The van der Waals surface area contributed by atoms with Gasteiger partial charge in [0.25, 0.3) is 0 Å². The normalized spacial score (nSPS) is 20.9. The zero-order chi connectivity index (χ0) is 18.6. The number of fused-ring (bicyclic) bond motifs is 3. The molecule has 1 unspecified atom stereocenters. The predicted molar refractivity (Wildman–Crippen MR) is 101 cm³/mol. The van der Waals surface area contributed by atoms with Gasteiger partial charge in [0, 0.05) is 28.9 Å². The average molecular weight is 366 g/mol. The van der Waals surface area contributed by atoms with Gasteiger partial charge in [0.1, 0.15) is 0 Å². The summed E-state index contributed by atoms with van der Waals surface area (Å²) < 4.78 is 5.17. The Bertz CT molecular complexity index is 1080. The maximum absolute atomic E-state index is 13.4. The molecule has 0 bridgehead atoms. The van der Waals surface area contributed by atoms with Crippen LogP contribution in [-0.4, -0.2) is 45.2 Å². The van der Waals surface area contributed by atoms with Crippen LogP contribution in [-0.2, 0) is 5.41 Å². The lowest BCUT2D eigenvalue weighted by Crippen LogP contribution is -2.41. The van der Waals surface area contributed by atoms with Crippen LogP contribution in [0.2, 0.25) is 0 Å². The van der Waals surface area contributed by atoms with Crippen LogP contribution in [0.1, 0.15) is 43.4 Å². The van der Waals surface area contributed by atoms with E-state index in [1.807, 2.05) is 0 Å². The lowest BCUT2D eigenvalue weighted by atomic mass is 9.74. The number of methoxy groups -OCH3 is 1. The second-order valence-electron chi connectivity index (χ2n) is 7.62. The van der Waals surface area contributed by atoms with E-state index in [9.17, 15) is 4.79 Å². The van der Waals surface area contributed by atoms with Crippen molar-refractivity contribution in [2.75, 3.05) is 20.2 Å². The fourth-order valence-corrected chi connectivity index (χ4v) is 4.77. The molecule has 3 aromatic heterocycles. The summed E-state index contributed by atoms with van der Waals surface area (Å²) in [5, 5.41) is 12.4. The van der Waals surface area contributed by atoms with E-state index in [0.717, 1.165) is 43.6 Å². The van der Waals surface area contributed by atoms with E-state index in [2.05, 4.69) is 32.4 Å². The van der Waals surface area contributed by atoms with Crippen molar-refractivity contribution in [3.05, 3.63) is 39.8 Å². The number of hydrogen-bond acceptors (Lipinski definition) is 6. The van der Waals surface area contributed by atoms with Gasteiger partial charge in [0.2, 0.25) is 11.3 Å². The van der Waals surface area contributed by atoms with Crippen LogP contribution in [0.3, 0.4) is 0 Å². The number of ether oxygens (including phenoxy) is 1.